The molecule has 0 spiro atoms. The summed E-state index contributed by atoms with van der Waals surface area (Å²) in [5.41, 5.74) is 1.35. The van der Waals surface area contributed by atoms with Gasteiger partial charge in [0.05, 0.1) is 17.6 Å². The second-order valence-electron chi connectivity index (χ2n) is 8.35. The van der Waals surface area contributed by atoms with E-state index in [4.69, 9.17) is 4.74 Å². The Hall–Kier alpha value is -2.53. The van der Waals surface area contributed by atoms with E-state index < -0.39 is 10.0 Å². The Labute approximate surface area is 227 Å². The number of methoxy groups -OCH3 is 1. The third-order valence-corrected chi connectivity index (χ3v) is 9.47. The van der Waals surface area contributed by atoms with Gasteiger partial charge in [0.2, 0.25) is 15.9 Å². The molecule has 3 aromatic carbocycles. The molecule has 1 aliphatic heterocycles. The summed E-state index contributed by atoms with van der Waals surface area (Å²) in [7, 11) is -2.21. The Morgan fingerprint density at radius 1 is 0.972 bits per heavy atom. The van der Waals surface area contributed by atoms with E-state index in [2.05, 4.69) is 37.2 Å². The highest BCUT2D eigenvalue weighted by Gasteiger charge is 2.33. The number of carbonyl (C=O) groups excluding carboxylic acids is 2. The van der Waals surface area contributed by atoms with Crippen LogP contribution in [-0.4, -0.2) is 44.6 Å². The first-order valence-electron chi connectivity index (χ1n) is 11.2. The summed E-state index contributed by atoms with van der Waals surface area (Å²) in [5.74, 6) is -0.350. The molecule has 188 valence electrons. The zero-order chi connectivity index (χ0) is 25.9. The molecule has 0 radical (unpaired) electrons. The number of nitrogens with one attached hydrogen (secondary N) is 1. The number of ketones is 1. The van der Waals surface area contributed by atoms with E-state index in [1.54, 1.807) is 60.7 Å². The monoisotopic (exact) mass is 634 g/mol. The second-order valence-corrected chi connectivity index (χ2v) is 12.0. The average Bonchev–Trinajstić information content (AvgIpc) is 2.90. The summed E-state index contributed by atoms with van der Waals surface area (Å²) in [4.78, 5) is 26.2. The first-order chi connectivity index (χ1) is 17.2. The van der Waals surface area contributed by atoms with Gasteiger partial charge < -0.3 is 10.1 Å². The van der Waals surface area contributed by atoms with E-state index in [1.165, 1.54) is 11.4 Å². The zero-order valence-corrected chi connectivity index (χ0v) is 23.4. The van der Waals surface area contributed by atoms with Crippen LogP contribution in [0.3, 0.4) is 0 Å². The summed E-state index contributed by atoms with van der Waals surface area (Å²) in [6, 6.07) is 18.8. The summed E-state index contributed by atoms with van der Waals surface area (Å²) in [6.07, 6.45) is 0.783. The van der Waals surface area contributed by atoms with Crippen molar-refractivity contribution in [3.8, 4) is 5.75 Å². The molecule has 0 unspecified atom stereocenters. The number of carbonyl (C=O) groups is 2. The molecular weight excluding hydrogens is 612 g/mol. The molecule has 0 aromatic heterocycles. The maximum absolute atomic E-state index is 13.1. The summed E-state index contributed by atoms with van der Waals surface area (Å²) in [5, 5.41) is 2.88. The number of nitrogens with zero attached hydrogens (tertiary/aromatic N) is 1. The molecule has 7 nitrogen and oxygen atoms in total. The molecule has 0 bridgehead atoms. The fourth-order valence-electron chi connectivity index (χ4n) is 4.12. The Morgan fingerprint density at radius 2 is 1.67 bits per heavy atom. The van der Waals surface area contributed by atoms with Crippen LogP contribution in [0.25, 0.3) is 0 Å². The number of halogens is 2. The van der Waals surface area contributed by atoms with Crippen LogP contribution < -0.4 is 10.1 Å². The predicted octanol–water partition coefficient (Wildman–Crippen LogP) is 5.49. The van der Waals surface area contributed by atoms with Crippen LogP contribution in [0.15, 0.2) is 80.6 Å². The van der Waals surface area contributed by atoms with Crippen molar-refractivity contribution >= 4 is 59.3 Å². The lowest BCUT2D eigenvalue weighted by Crippen LogP contribution is -2.41. The predicted molar refractivity (Wildman–Crippen MR) is 145 cm³/mol. The minimum Gasteiger partial charge on any atom is -0.496 e. The molecule has 1 N–H and O–H groups in total. The molecule has 0 aliphatic carbocycles. The SMILES string of the molecule is COc1ccc(NC(=O)C2CCN(S(=O)(=O)c3cc(Br)ccc3Br)CC2)cc1C(=O)c1ccccc1. The van der Waals surface area contributed by atoms with Gasteiger partial charge >= 0.3 is 0 Å². The van der Waals surface area contributed by atoms with Gasteiger partial charge in [0.1, 0.15) is 5.75 Å². The van der Waals surface area contributed by atoms with Crippen molar-refractivity contribution in [1.82, 2.24) is 4.31 Å². The van der Waals surface area contributed by atoms with E-state index in [0.29, 0.717) is 44.4 Å². The number of piperidine rings is 1. The van der Waals surface area contributed by atoms with Crippen molar-refractivity contribution in [2.24, 2.45) is 5.92 Å². The Balaban J connectivity index is 1.44. The van der Waals surface area contributed by atoms with Crippen molar-refractivity contribution in [2.75, 3.05) is 25.5 Å². The minimum absolute atomic E-state index is 0.189. The molecule has 36 heavy (non-hydrogen) atoms. The van der Waals surface area contributed by atoms with Crippen molar-refractivity contribution in [2.45, 2.75) is 17.7 Å². The van der Waals surface area contributed by atoms with Crippen LogP contribution in [0.4, 0.5) is 5.69 Å². The van der Waals surface area contributed by atoms with Gasteiger partial charge in [-0.15, -0.1) is 0 Å². The molecule has 10 heteroatoms. The largest absolute Gasteiger partial charge is 0.496 e. The molecule has 1 heterocycles. The standard InChI is InChI=1S/C26H24Br2N2O5S/c1-35-23-10-8-20(16-21(23)25(31)17-5-3-2-4-6-17)29-26(32)18-11-13-30(14-12-18)36(33,34)24-15-19(27)7-9-22(24)28/h2-10,15-16,18H,11-14H2,1H3,(H,29,32). The third kappa shape index (κ3) is 5.72. The van der Waals surface area contributed by atoms with E-state index in [-0.39, 0.29) is 35.6 Å². The smallest absolute Gasteiger partial charge is 0.244 e. The molecule has 1 saturated heterocycles. The highest BCUT2D eigenvalue weighted by molar-refractivity contribution is 9.11. The lowest BCUT2D eigenvalue weighted by atomic mass is 9.97. The van der Waals surface area contributed by atoms with Crippen molar-refractivity contribution in [1.29, 1.82) is 0 Å². The lowest BCUT2D eigenvalue weighted by Gasteiger charge is -2.30. The molecular formula is C26H24Br2N2O5S. The highest BCUT2D eigenvalue weighted by Crippen LogP contribution is 2.31. The number of hydrogen-bond donors (Lipinski definition) is 1. The molecule has 0 saturated carbocycles. The maximum Gasteiger partial charge on any atom is 0.244 e. The Kier molecular flexibility index (Phi) is 8.29. The van der Waals surface area contributed by atoms with Gasteiger partial charge in [-0.05, 0) is 65.2 Å². The van der Waals surface area contributed by atoms with Crippen molar-refractivity contribution < 1.29 is 22.7 Å². The highest BCUT2D eigenvalue weighted by atomic mass is 79.9. The van der Waals surface area contributed by atoms with E-state index >= 15 is 0 Å². The quantitative estimate of drug-likeness (QED) is 0.347. The van der Waals surface area contributed by atoms with Crippen LogP contribution in [0, 0.1) is 5.92 Å². The Morgan fingerprint density at radius 3 is 2.33 bits per heavy atom. The topological polar surface area (TPSA) is 92.8 Å². The Bertz CT molecular complexity index is 1390. The van der Waals surface area contributed by atoms with Crippen molar-refractivity contribution in [3.63, 3.8) is 0 Å². The summed E-state index contributed by atoms with van der Waals surface area (Å²) >= 11 is 6.65. The van der Waals surface area contributed by atoms with Crippen LogP contribution in [0.1, 0.15) is 28.8 Å². The fraction of sp³-hybridized carbons (Fsp3) is 0.231. The van der Waals surface area contributed by atoms with Gasteiger partial charge in [-0.1, -0.05) is 46.3 Å². The molecule has 0 atom stereocenters. The molecule has 1 aliphatic rings. The van der Waals surface area contributed by atoms with Gasteiger partial charge in [0.25, 0.3) is 0 Å². The number of amides is 1. The summed E-state index contributed by atoms with van der Waals surface area (Å²) < 4.78 is 34.2. The lowest BCUT2D eigenvalue weighted by molar-refractivity contribution is -0.120. The fourth-order valence-corrected chi connectivity index (χ4v) is 7.06. The average molecular weight is 636 g/mol. The van der Waals surface area contributed by atoms with Crippen LogP contribution in [-0.2, 0) is 14.8 Å². The van der Waals surface area contributed by atoms with Gasteiger partial charge in [-0.25, -0.2) is 8.42 Å². The van der Waals surface area contributed by atoms with Crippen LogP contribution in [0.5, 0.6) is 5.75 Å². The van der Waals surface area contributed by atoms with Gasteiger partial charge in [0.15, 0.2) is 5.78 Å². The number of sulfonamides is 1. The molecule has 3 aromatic rings. The molecule has 1 fully saturated rings. The summed E-state index contributed by atoms with van der Waals surface area (Å²) in [6.45, 7) is 0.472. The number of anilines is 1. The van der Waals surface area contributed by atoms with E-state index in [0.717, 1.165) is 0 Å². The first-order valence-corrected chi connectivity index (χ1v) is 14.3. The zero-order valence-electron chi connectivity index (χ0n) is 19.4. The minimum atomic E-state index is -3.70. The van der Waals surface area contributed by atoms with E-state index in [9.17, 15) is 18.0 Å². The van der Waals surface area contributed by atoms with Gasteiger partial charge in [-0.3, -0.25) is 9.59 Å². The maximum atomic E-state index is 13.1. The van der Waals surface area contributed by atoms with Crippen LogP contribution in [0.2, 0.25) is 0 Å². The number of hydrogen-bond acceptors (Lipinski definition) is 5. The molecule has 1 amide bonds. The second kappa shape index (κ2) is 11.2. The number of benzene rings is 3. The van der Waals surface area contributed by atoms with E-state index in [1.807, 2.05) is 6.07 Å². The van der Waals surface area contributed by atoms with Gasteiger partial charge in [0, 0.05) is 39.2 Å². The van der Waals surface area contributed by atoms with Crippen LogP contribution >= 0.6 is 31.9 Å². The van der Waals surface area contributed by atoms with Gasteiger partial charge in [-0.2, -0.15) is 4.31 Å². The van der Waals surface area contributed by atoms with Crippen molar-refractivity contribution in [3.05, 3.63) is 86.8 Å². The number of ether oxygens (including phenoxy) is 1. The third-order valence-electron chi connectivity index (χ3n) is 6.08. The first kappa shape index (κ1) is 26.5. The molecule has 4 rings (SSSR count). The number of rotatable bonds is 7. The normalized spacial score (nSPS) is 14.9.